The lowest BCUT2D eigenvalue weighted by molar-refractivity contribution is 0.0695. The van der Waals surface area contributed by atoms with Crippen molar-refractivity contribution in [2.24, 2.45) is 5.41 Å². The van der Waals surface area contributed by atoms with E-state index < -0.39 is 5.97 Å². The number of thiophene rings is 1. The Balaban J connectivity index is 1.58. The number of nitrogens with zero attached hydrogens (tertiary/aromatic N) is 1. The first kappa shape index (κ1) is 21.8. The number of rotatable bonds is 5. The predicted octanol–water partition coefficient (Wildman–Crippen LogP) is 4.78. The molecule has 6 nitrogen and oxygen atoms in total. The van der Waals surface area contributed by atoms with Crippen LogP contribution in [0.3, 0.4) is 0 Å². The second kappa shape index (κ2) is 7.64. The SMILES string of the molecule is COC1CN(c2ccc(C(=O)Nc3sc4c(c3C(=O)O)CC(C)(C)CC4(C)C)cc2)C1. The standard InChI is InChI=1S/C24H30N2O4S/c1-23(2)10-17-18(22(28)29)21(31-19(17)24(3,4)13-23)25-20(27)14-6-8-15(9-7-14)26-11-16(12-26)30-5/h6-9,16H,10-13H2,1-5H3,(H,25,27)(H,28,29). The van der Waals surface area contributed by atoms with E-state index in [1.165, 1.54) is 11.3 Å². The lowest BCUT2D eigenvalue weighted by atomic mass is 9.65. The molecule has 1 amide bonds. The van der Waals surface area contributed by atoms with E-state index in [9.17, 15) is 14.7 Å². The number of ether oxygens (including phenoxy) is 1. The van der Waals surface area contributed by atoms with E-state index in [-0.39, 0.29) is 28.4 Å². The van der Waals surface area contributed by atoms with E-state index in [4.69, 9.17) is 4.74 Å². The van der Waals surface area contributed by atoms with E-state index in [2.05, 4.69) is 37.9 Å². The van der Waals surface area contributed by atoms with Crippen LogP contribution < -0.4 is 10.2 Å². The molecule has 0 spiro atoms. The maximum atomic E-state index is 12.9. The zero-order chi connectivity index (χ0) is 22.6. The topological polar surface area (TPSA) is 78.9 Å². The summed E-state index contributed by atoms with van der Waals surface area (Å²) < 4.78 is 5.31. The third-order valence-electron chi connectivity index (χ3n) is 6.31. The van der Waals surface area contributed by atoms with Crippen molar-refractivity contribution in [3.63, 3.8) is 0 Å². The smallest absolute Gasteiger partial charge is 0.339 e. The minimum Gasteiger partial charge on any atom is -0.478 e. The zero-order valence-corrected chi connectivity index (χ0v) is 19.6. The summed E-state index contributed by atoms with van der Waals surface area (Å²) in [6, 6.07) is 7.41. The zero-order valence-electron chi connectivity index (χ0n) is 18.7. The van der Waals surface area contributed by atoms with Crippen molar-refractivity contribution in [3.05, 3.63) is 45.8 Å². The van der Waals surface area contributed by atoms with Gasteiger partial charge in [-0.05, 0) is 53.5 Å². The third-order valence-corrected chi connectivity index (χ3v) is 7.83. The van der Waals surface area contributed by atoms with Crippen LogP contribution in [0.2, 0.25) is 0 Å². The lowest BCUT2D eigenvalue weighted by Gasteiger charge is -2.40. The van der Waals surface area contributed by atoms with E-state index in [0.29, 0.717) is 17.0 Å². The van der Waals surface area contributed by atoms with Gasteiger partial charge in [-0.1, -0.05) is 27.7 Å². The van der Waals surface area contributed by atoms with Gasteiger partial charge in [0.1, 0.15) is 5.00 Å². The fraction of sp³-hybridized carbons (Fsp3) is 0.500. The Bertz CT molecular complexity index is 1020. The number of aromatic carboxylic acids is 1. The minimum atomic E-state index is -0.984. The molecule has 1 saturated heterocycles. The van der Waals surface area contributed by atoms with Crippen LogP contribution in [0, 0.1) is 5.41 Å². The molecule has 166 valence electrons. The number of hydrogen-bond acceptors (Lipinski definition) is 5. The largest absolute Gasteiger partial charge is 0.478 e. The summed E-state index contributed by atoms with van der Waals surface area (Å²) in [5.74, 6) is -1.27. The summed E-state index contributed by atoms with van der Waals surface area (Å²) in [5.41, 5.74) is 2.55. The van der Waals surface area contributed by atoms with E-state index in [1.54, 1.807) is 19.2 Å². The van der Waals surface area contributed by atoms with E-state index in [1.807, 2.05) is 12.1 Å². The van der Waals surface area contributed by atoms with Gasteiger partial charge in [-0.3, -0.25) is 4.79 Å². The maximum Gasteiger partial charge on any atom is 0.339 e. The number of methoxy groups -OCH3 is 1. The van der Waals surface area contributed by atoms with Gasteiger partial charge in [0.25, 0.3) is 5.91 Å². The monoisotopic (exact) mass is 442 g/mol. The summed E-state index contributed by atoms with van der Waals surface area (Å²) in [4.78, 5) is 28.3. The van der Waals surface area contributed by atoms with Crippen molar-refractivity contribution < 1.29 is 19.4 Å². The van der Waals surface area contributed by atoms with Gasteiger partial charge in [-0.2, -0.15) is 0 Å². The van der Waals surface area contributed by atoms with Crippen LogP contribution in [0.25, 0.3) is 0 Å². The summed E-state index contributed by atoms with van der Waals surface area (Å²) in [6.45, 7) is 10.3. The number of hydrogen-bond donors (Lipinski definition) is 2. The number of carboxylic acids is 1. The van der Waals surface area contributed by atoms with Gasteiger partial charge >= 0.3 is 5.97 Å². The summed E-state index contributed by atoms with van der Waals surface area (Å²) in [5, 5.41) is 13.3. The van der Waals surface area contributed by atoms with Crippen LogP contribution in [0.15, 0.2) is 24.3 Å². The van der Waals surface area contributed by atoms with Crippen molar-refractivity contribution in [1.29, 1.82) is 0 Å². The van der Waals surface area contributed by atoms with Crippen LogP contribution in [-0.2, 0) is 16.6 Å². The highest BCUT2D eigenvalue weighted by Crippen LogP contribution is 2.52. The maximum absolute atomic E-state index is 12.9. The molecule has 0 atom stereocenters. The molecule has 1 aliphatic carbocycles. The number of amides is 1. The van der Waals surface area contributed by atoms with Crippen LogP contribution in [0.4, 0.5) is 10.7 Å². The van der Waals surface area contributed by atoms with Crippen molar-refractivity contribution in [3.8, 4) is 0 Å². The molecule has 4 rings (SSSR count). The van der Waals surface area contributed by atoms with Gasteiger partial charge < -0.3 is 20.1 Å². The highest BCUT2D eigenvalue weighted by molar-refractivity contribution is 7.17. The quantitative estimate of drug-likeness (QED) is 0.696. The Kier molecular flexibility index (Phi) is 5.38. The Morgan fingerprint density at radius 3 is 2.39 bits per heavy atom. The average Bonchev–Trinajstić information content (AvgIpc) is 2.98. The summed E-state index contributed by atoms with van der Waals surface area (Å²) in [7, 11) is 1.71. The molecule has 0 bridgehead atoms. The van der Waals surface area contributed by atoms with Gasteiger partial charge in [0.15, 0.2) is 0 Å². The molecule has 0 saturated carbocycles. The first-order valence-electron chi connectivity index (χ1n) is 10.6. The number of carbonyl (C=O) groups is 2. The molecule has 2 aromatic rings. The highest BCUT2D eigenvalue weighted by Gasteiger charge is 2.42. The Morgan fingerprint density at radius 1 is 1.16 bits per heavy atom. The third kappa shape index (κ3) is 4.08. The molecule has 2 N–H and O–H groups in total. The molecular formula is C24H30N2O4S. The summed E-state index contributed by atoms with van der Waals surface area (Å²) in [6.07, 6.45) is 1.94. The Labute approximate surface area is 187 Å². The van der Waals surface area contributed by atoms with Gasteiger partial charge in [0, 0.05) is 36.3 Å². The second-order valence-corrected chi connectivity index (χ2v) is 11.1. The van der Waals surface area contributed by atoms with Gasteiger partial charge in [-0.25, -0.2) is 4.79 Å². The van der Waals surface area contributed by atoms with Crippen molar-refractivity contribution in [2.75, 3.05) is 30.4 Å². The summed E-state index contributed by atoms with van der Waals surface area (Å²) >= 11 is 1.41. The fourth-order valence-corrected chi connectivity index (χ4v) is 6.42. The molecule has 7 heteroatoms. The molecule has 1 aromatic heterocycles. The van der Waals surface area contributed by atoms with Crippen LogP contribution in [0.1, 0.15) is 65.3 Å². The van der Waals surface area contributed by atoms with Crippen molar-refractivity contribution in [1.82, 2.24) is 0 Å². The number of anilines is 2. The van der Waals surface area contributed by atoms with E-state index >= 15 is 0 Å². The Morgan fingerprint density at radius 2 is 1.81 bits per heavy atom. The minimum absolute atomic E-state index is 0.0115. The molecule has 1 fully saturated rings. The van der Waals surface area contributed by atoms with Gasteiger partial charge in [-0.15, -0.1) is 11.3 Å². The number of nitrogens with one attached hydrogen (secondary N) is 1. The number of carboxylic acid groups (broad SMARTS) is 1. The number of benzene rings is 1. The molecule has 1 aliphatic heterocycles. The van der Waals surface area contributed by atoms with Crippen LogP contribution in [0.5, 0.6) is 0 Å². The van der Waals surface area contributed by atoms with Crippen molar-refractivity contribution >= 4 is 33.9 Å². The van der Waals surface area contributed by atoms with Gasteiger partial charge in [0.05, 0.1) is 11.7 Å². The molecule has 31 heavy (non-hydrogen) atoms. The predicted molar refractivity (Wildman–Crippen MR) is 124 cm³/mol. The molecular weight excluding hydrogens is 412 g/mol. The lowest BCUT2D eigenvalue weighted by Crippen LogP contribution is -2.51. The molecule has 2 heterocycles. The number of carbonyl (C=O) groups excluding carboxylic acids is 1. The molecule has 1 aromatic carbocycles. The first-order chi connectivity index (χ1) is 14.5. The van der Waals surface area contributed by atoms with Crippen LogP contribution >= 0.6 is 11.3 Å². The van der Waals surface area contributed by atoms with E-state index in [0.717, 1.165) is 35.6 Å². The highest BCUT2D eigenvalue weighted by atomic mass is 32.1. The van der Waals surface area contributed by atoms with Crippen molar-refractivity contribution in [2.45, 2.75) is 52.1 Å². The molecule has 0 radical (unpaired) electrons. The number of fused-ring (bicyclic) bond motifs is 1. The second-order valence-electron chi connectivity index (χ2n) is 10.1. The first-order valence-corrected chi connectivity index (χ1v) is 11.4. The molecule has 0 unspecified atom stereocenters. The average molecular weight is 443 g/mol. The Hall–Kier alpha value is -2.38. The van der Waals surface area contributed by atoms with Gasteiger partial charge in [0.2, 0.25) is 0 Å². The molecule has 2 aliphatic rings. The fourth-order valence-electron chi connectivity index (χ4n) is 5.11. The van der Waals surface area contributed by atoms with Crippen LogP contribution in [-0.4, -0.2) is 43.3 Å². The normalized spacial score (nSPS) is 19.5.